The van der Waals surface area contributed by atoms with Gasteiger partial charge in [0.1, 0.15) is 5.92 Å². The maximum Gasteiger partial charge on any atom is 0.239 e. The van der Waals surface area contributed by atoms with Gasteiger partial charge in [-0.2, -0.15) is 0 Å². The maximum atomic E-state index is 12.8. The molecule has 1 N–H and O–H groups in total. The fourth-order valence-electron chi connectivity index (χ4n) is 3.64. The highest BCUT2D eigenvalue weighted by Crippen LogP contribution is 2.39. The Morgan fingerprint density at radius 3 is 2.19 bits per heavy atom. The van der Waals surface area contributed by atoms with E-state index in [0.717, 1.165) is 11.3 Å². The van der Waals surface area contributed by atoms with Crippen LogP contribution in [0, 0.1) is 5.92 Å². The summed E-state index contributed by atoms with van der Waals surface area (Å²) in [5.74, 6) is 0.596. The average Bonchev–Trinajstić information content (AvgIpc) is 3.16. The third-order valence-electron chi connectivity index (χ3n) is 5.03. The Bertz CT molecular complexity index is 873. The third kappa shape index (κ3) is 5.29. The lowest BCUT2D eigenvalue weighted by Gasteiger charge is -2.18. The van der Waals surface area contributed by atoms with Gasteiger partial charge in [-0.15, -0.1) is 0 Å². The van der Waals surface area contributed by atoms with Crippen LogP contribution in [0.2, 0.25) is 0 Å². The molecular formula is C24H30N2O5. The standard InChI is InChI=1S/C24H30N2O5/c1-4-29-20-14-17(15-21(30-5-2)22(20)31-6-3)16-25-23(27)19-12-13-26(24(19)28)18-10-8-7-9-11-18/h7-11,14-15,19H,4-6,12-13,16H2,1-3H3,(H,25,27)/t19-/m0/s1. The molecule has 1 fully saturated rings. The molecule has 0 unspecified atom stereocenters. The summed E-state index contributed by atoms with van der Waals surface area (Å²) < 4.78 is 17.2. The van der Waals surface area contributed by atoms with Gasteiger partial charge in [0.25, 0.3) is 0 Å². The van der Waals surface area contributed by atoms with Gasteiger partial charge in [0.15, 0.2) is 11.5 Å². The fourth-order valence-corrected chi connectivity index (χ4v) is 3.64. The molecule has 0 aliphatic carbocycles. The number of hydrogen-bond donors (Lipinski definition) is 1. The normalized spacial score (nSPS) is 15.6. The highest BCUT2D eigenvalue weighted by atomic mass is 16.5. The number of amides is 2. The Morgan fingerprint density at radius 1 is 1.00 bits per heavy atom. The van der Waals surface area contributed by atoms with Crippen LogP contribution in [0.1, 0.15) is 32.8 Å². The first kappa shape index (κ1) is 22.5. The van der Waals surface area contributed by atoms with Gasteiger partial charge in [-0.25, -0.2) is 0 Å². The van der Waals surface area contributed by atoms with Crippen LogP contribution in [0.5, 0.6) is 17.2 Å². The van der Waals surface area contributed by atoms with E-state index in [9.17, 15) is 9.59 Å². The molecule has 7 heteroatoms. The summed E-state index contributed by atoms with van der Waals surface area (Å²) in [6.45, 7) is 7.94. The summed E-state index contributed by atoms with van der Waals surface area (Å²) in [7, 11) is 0. The van der Waals surface area contributed by atoms with Crippen LogP contribution in [0.25, 0.3) is 0 Å². The van der Waals surface area contributed by atoms with Crippen molar-refractivity contribution in [2.75, 3.05) is 31.3 Å². The summed E-state index contributed by atoms with van der Waals surface area (Å²) in [6.07, 6.45) is 0.497. The SMILES string of the molecule is CCOc1cc(CNC(=O)[C@@H]2CCN(c3ccccc3)C2=O)cc(OCC)c1OCC. The maximum absolute atomic E-state index is 12.8. The van der Waals surface area contributed by atoms with Crippen LogP contribution >= 0.6 is 0 Å². The van der Waals surface area contributed by atoms with Crippen molar-refractivity contribution in [1.29, 1.82) is 0 Å². The molecule has 1 atom stereocenters. The van der Waals surface area contributed by atoms with Gasteiger partial charge in [-0.05, 0) is 57.0 Å². The van der Waals surface area contributed by atoms with E-state index in [4.69, 9.17) is 14.2 Å². The smallest absolute Gasteiger partial charge is 0.239 e. The van der Waals surface area contributed by atoms with Crippen molar-refractivity contribution >= 4 is 17.5 Å². The van der Waals surface area contributed by atoms with Gasteiger partial charge in [-0.1, -0.05) is 18.2 Å². The molecule has 3 rings (SSSR count). The van der Waals surface area contributed by atoms with Gasteiger partial charge < -0.3 is 24.4 Å². The van der Waals surface area contributed by atoms with E-state index in [1.54, 1.807) is 4.90 Å². The molecule has 2 aromatic carbocycles. The Balaban J connectivity index is 1.70. The molecule has 0 bridgehead atoms. The second kappa shape index (κ2) is 10.7. The second-order valence-corrected chi connectivity index (χ2v) is 7.10. The number of carbonyl (C=O) groups excluding carboxylic acids is 2. The third-order valence-corrected chi connectivity index (χ3v) is 5.03. The molecule has 0 saturated carbocycles. The van der Waals surface area contributed by atoms with Crippen LogP contribution in [0.3, 0.4) is 0 Å². The van der Waals surface area contributed by atoms with E-state index in [1.165, 1.54) is 0 Å². The van der Waals surface area contributed by atoms with E-state index in [0.29, 0.717) is 50.0 Å². The van der Waals surface area contributed by atoms with Gasteiger partial charge in [0.05, 0.1) is 19.8 Å². The lowest BCUT2D eigenvalue weighted by molar-refractivity contribution is -0.132. The minimum absolute atomic E-state index is 0.166. The largest absolute Gasteiger partial charge is 0.490 e. The highest BCUT2D eigenvalue weighted by molar-refractivity contribution is 6.09. The Hall–Kier alpha value is -3.22. The van der Waals surface area contributed by atoms with E-state index in [-0.39, 0.29) is 18.4 Å². The van der Waals surface area contributed by atoms with Crippen LogP contribution < -0.4 is 24.4 Å². The molecule has 0 radical (unpaired) electrons. The van der Waals surface area contributed by atoms with E-state index in [1.807, 2.05) is 63.2 Å². The molecule has 2 amide bonds. The van der Waals surface area contributed by atoms with E-state index < -0.39 is 5.92 Å². The zero-order valence-corrected chi connectivity index (χ0v) is 18.3. The molecule has 0 aromatic heterocycles. The molecule has 1 heterocycles. The summed E-state index contributed by atoms with van der Waals surface area (Å²) in [5.41, 5.74) is 1.63. The van der Waals surface area contributed by atoms with Crippen molar-refractivity contribution < 1.29 is 23.8 Å². The Morgan fingerprint density at radius 2 is 1.61 bits per heavy atom. The van der Waals surface area contributed by atoms with Crippen molar-refractivity contribution in [3.8, 4) is 17.2 Å². The average molecular weight is 427 g/mol. The van der Waals surface area contributed by atoms with Crippen LogP contribution in [0.4, 0.5) is 5.69 Å². The van der Waals surface area contributed by atoms with Crippen molar-refractivity contribution in [2.45, 2.75) is 33.7 Å². The number of nitrogens with zero attached hydrogens (tertiary/aromatic N) is 1. The number of rotatable bonds is 10. The van der Waals surface area contributed by atoms with Gasteiger partial charge in [0, 0.05) is 18.8 Å². The van der Waals surface area contributed by atoms with Crippen molar-refractivity contribution in [1.82, 2.24) is 5.32 Å². The van der Waals surface area contributed by atoms with Crippen molar-refractivity contribution in [3.05, 3.63) is 48.0 Å². The minimum Gasteiger partial charge on any atom is -0.490 e. The predicted octanol–water partition coefficient (Wildman–Crippen LogP) is 3.55. The number of ether oxygens (including phenoxy) is 3. The molecule has 7 nitrogen and oxygen atoms in total. The molecule has 1 saturated heterocycles. The monoisotopic (exact) mass is 426 g/mol. The molecule has 1 aliphatic heterocycles. The summed E-state index contributed by atoms with van der Waals surface area (Å²) >= 11 is 0. The zero-order valence-electron chi connectivity index (χ0n) is 18.3. The lowest BCUT2D eigenvalue weighted by Crippen LogP contribution is -2.36. The fraction of sp³-hybridized carbons (Fsp3) is 0.417. The molecule has 166 valence electrons. The van der Waals surface area contributed by atoms with Gasteiger partial charge in [0.2, 0.25) is 17.6 Å². The number of carbonyl (C=O) groups is 2. The summed E-state index contributed by atoms with van der Waals surface area (Å²) in [6, 6.07) is 13.1. The second-order valence-electron chi connectivity index (χ2n) is 7.10. The first-order chi connectivity index (χ1) is 15.1. The van der Waals surface area contributed by atoms with Crippen LogP contribution in [-0.2, 0) is 16.1 Å². The molecule has 2 aromatic rings. The number of para-hydroxylation sites is 1. The number of benzene rings is 2. The Kier molecular flexibility index (Phi) is 7.76. The topological polar surface area (TPSA) is 77.1 Å². The van der Waals surface area contributed by atoms with Gasteiger partial charge in [-0.3, -0.25) is 9.59 Å². The van der Waals surface area contributed by atoms with Gasteiger partial charge >= 0.3 is 0 Å². The van der Waals surface area contributed by atoms with Crippen molar-refractivity contribution in [3.63, 3.8) is 0 Å². The highest BCUT2D eigenvalue weighted by Gasteiger charge is 2.37. The minimum atomic E-state index is -0.680. The van der Waals surface area contributed by atoms with Crippen LogP contribution in [-0.4, -0.2) is 38.2 Å². The van der Waals surface area contributed by atoms with E-state index in [2.05, 4.69) is 5.32 Å². The molecule has 0 spiro atoms. The summed E-state index contributed by atoms with van der Waals surface area (Å²) in [4.78, 5) is 27.2. The molecule has 1 aliphatic rings. The zero-order chi connectivity index (χ0) is 22.2. The lowest BCUT2D eigenvalue weighted by atomic mass is 10.1. The first-order valence-corrected chi connectivity index (χ1v) is 10.8. The van der Waals surface area contributed by atoms with Crippen LogP contribution in [0.15, 0.2) is 42.5 Å². The molecule has 31 heavy (non-hydrogen) atoms. The summed E-state index contributed by atoms with van der Waals surface area (Å²) in [5, 5.41) is 2.90. The predicted molar refractivity (Wildman–Crippen MR) is 119 cm³/mol. The quantitative estimate of drug-likeness (QED) is 0.588. The first-order valence-electron chi connectivity index (χ1n) is 10.8. The number of anilines is 1. The number of nitrogens with one attached hydrogen (secondary N) is 1. The number of hydrogen-bond acceptors (Lipinski definition) is 5. The van der Waals surface area contributed by atoms with E-state index >= 15 is 0 Å². The Labute approximate surface area is 183 Å². The molecular weight excluding hydrogens is 396 g/mol. The van der Waals surface area contributed by atoms with Crippen molar-refractivity contribution in [2.24, 2.45) is 5.92 Å².